The second kappa shape index (κ2) is 10.2. The number of thioether (sulfide) groups is 1. The van der Waals surface area contributed by atoms with E-state index in [2.05, 4.69) is 53.1 Å². The molecule has 2 aromatic rings. The summed E-state index contributed by atoms with van der Waals surface area (Å²) in [5.41, 5.74) is 2.48. The van der Waals surface area contributed by atoms with E-state index in [1.807, 2.05) is 0 Å². The molecule has 0 aliphatic carbocycles. The third kappa shape index (κ3) is 7.04. The van der Waals surface area contributed by atoms with Gasteiger partial charge in [0.05, 0.1) is 7.11 Å². The Morgan fingerprint density at radius 1 is 1.48 bits per heavy atom. The highest BCUT2D eigenvalue weighted by Gasteiger charge is 2.18. The van der Waals surface area contributed by atoms with E-state index in [1.54, 1.807) is 23.1 Å². The highest BCUT2D eigenvalue weighted by Crippen LogP contribution is 2.26. The third-order valence-corrected chi connectivity index (χ3v) is 5.76. The predicted octanol–water partition coefficient (Wildman–Crippen LogP) is 2.70. The van der Waals surface area contributed by atoms with Crippen LogP contribution in [0.15, 0.2) is 23.1 Å². The molecular formula is C16H23NO5S3. The van der Waals surface area contributed by atoms with E-state index >= 15 is 0 Å². The molecule has 0 atom stereocenters. The van der Waals surface area contributed by atoms with Crippen molar-refractivity contribution in [2.75, 3.05) is 20.0 Å². The maximum absolute atomic E-state index is 9.30. The summed E-state index contributed by atoms with van der Waals surface area (Å²) in [7, 11) is -3.60. The van der Waals surface area contributed by atoms with E-state index in [9.17, 15) is 18.1 Å². The van der Waals surface area contributed by atoms with Crippen LogP contribution in [-0.2, 0) is 21.1 Å². The van der Waals surface area contributed by atoms with Gasteiger partial charge in [0.25, 0.3) is 5.01 Å². The Labute approximate surface area is 157 Å². The summed E-state index contributed by atoms with van der Waals surface area (Å²) in [6, 6.07) is 6.51. The number of aryl methyl sites for hydroxylation is 1. The van der Waals surface area contributed by atoms with Crippen molar-refractivity contribution < 1.29 is 26.8 Å². The fourth-order valence-electron chi connectivity index (χ4n) is 2.09. The first-order valence-corrected chi connectivity index (χ1v) is 10.9. The number of fused-ring (bicyclic) bond motifs is 1. The predicted molar refractivity (Wildman–Crippen MR) is 102 cm³/mol. The van der Waals surface area contributed by atoms with Gasteiger partial charge in [-0.2, -0.15) is 4.57 Å². The normalized spacial score (nSPS) is 12.2. The number of benzene rings is 1. The Morgan fingerprint density at radius 3 is 2.60 bits per heavy atom. The quantitative estimate of drug-likeness (QED) is 0.451. The van der Waals surface area contributed by atoms with Crippen LogP contribution in [0.5, 0.6) is 0 Å². The molecule has 0 spiro atoms. The molecule has 0 bridgehead atoms. The number of aliphatic hydroxyl groups is 1. The molecule has 0 fully saturated rings. The molecule has 0 unspecified atom stereocenters. The Morgan fingerprint density at radius 2 is 2.12 bits per heavy atom. The summed E-state index contributed by atoms with van der Waals surface area (Å²) in [6.07, 6.45) is 5.41. The molecule has 1 heterocycles. The molecule has 6 nitrogen and oxygen atoms in total. The first kappa shape index (κ1) is 22.1. The van der Waals surface area contributed by atoms with Crippen LogP contribution in [0.4, 0.5) is 0 Å². The minimum Gasteiger partial charge on any atom is -0.726 e. The van der Waals surface area contributed by atoms with Crippen molar-refractivity contribution in [1.82, 2.24) is 0 Å². The molecular weight excluding hydrogens is 382 g/mol. The summed E-state index contributed by atoms with van der Waals surface area (Å²) in [6.45, 7) is 5.11. The molecule has 1 N–H and O–H groups in total. The van der Waals surface area contributed by atoms with Gasteiger partial charge in [0.2, 0.25) is 15.9 Å². The first-order valence-electron chi connectivity index (χ1n) is 7.55. The van der Waals surface area contributed by atoms with Crippen LogP contribution >= 0.6 is 23.1 Å². The average molecular weight is 406 g/mol. The fourth-order valence-corrected chi connectivity index (χ4v) is 3.82. The highest BCUT2D eigenvalue weighted by molar-refractivity contribution is 8.02. The van der Waals surface area contributed by atoms with E-state index in [4.69, 9.17) is 0 Å². The number of thiazole rings is 1. The van der Waals surface area contributed by atoms with E-state index in [1.165, 1.54) is 25.7 Å². The van der Waals surface area contributed by atoms with Gasteiger partial charge in [-0.15, -0.1) is 11.8 Å². The van der Waals surface area contributed by atoms with Crippen LogP contribution in [0.25, 0.3) is 16.3 Å². The smallest absolute Gasteiger partial charge is 0.263 e. The monoisotopic (exact) mass is 405 g/mol. The molecule has 0 radical (unpaired) electrons. The lowest BCUT2D eigenvalue weighted by molar-refractivity contribution is -0.670. The Hall–Kier alpha value is -0.970. The van der Waals surface area contributed by atoms with E-state index in [0.29, 0.717) is 6.54 Å². The average Bonchev–Trinajstić information content (AvgIpc) is 2.90. The standard InChI is InChI=1S/C15H20NOS2.CH4O4S/c1-4-12(18-3)10-15-16(7-8-17)13-9-11(2)5-6-14(13)19-15;1-5-6(2,3)4/h5-6,9-10,17H,4,7-8H2,1-3H3;1H3,(H,2,3,4)/q+1;/p-1/b12-10-;. The van der Waals surface area contributed by atoms with Crippen molar-refractivity contribution in [3.8, 4) is 0 Å². The van der Waals surface area contributed by atoms with Crippen LogP contribution in [0.2, 0.25) is 0 Å². The molecule has 1 aromatic carbocycles. The van der Waals surface area contributed by atoms with Crippen LogP contribution < -0.4 is 4.57 Å². The van der Waals surface area contributed by atoms with Crippen LogP contribution in [0, 0.1) is 6.92 Å². The van der Waals surface area contributed by atoms with E-state index in [-0.39, 0.29) is 6.61 Å². The van der Waals surface area contributed by atoms with Crippen molar-refractivity contribution in [2.24, 2.45) is 0 Å². The first-order chi connectivity index (χ1) is 11.8. The molecule has 0 amide bonds. The molecule has 9 heteroatoms. The van der Waals surface area contributed by atoms with Crippen LogP contribution in [0.3, 0.4) is 0 Å². The number of hydrogen-bond acceptors (Lipinski definition) is 7. The van der Waals surface area contributed by atoms with Crippen molar-refractivity contribution in [3.63, 3.8) is 0 Å². The molecule has 25 heavy (non-hydrogen) atoms. The maximum Gasteiger partial charge on any atom is 0.263 e. The van der Waals surface area contributed by atoms with Gasteiger partial charge < -0.3 is 9.66 Å². The molecule has 140 valence electrons. The lowest BCUT2D eigenvalue weighted by Gasteiger charge is -1.98. The third-order valence-electron chi connectivity index (χ3n) is 3.31. The number of allylic oxidation sites excluding steroid dienone is 1. The molecule has 0 saturated heterocycles. The second-order valence-corrected chi connectivity index (χ2v) is 8.17. The molecule has 0 saturated carbocycles. The maximum atomic E-state index is 9.30. The summed E-state index contributed by atoms with van der Waals surface area (Å²) in [4.78, 5) is 1.37. The zero-order valence-electron chi connectivity index (χ0n) is 14.7. The number of aliphatic hydroxyl groups excluding tert-OH is 1. The van der Waals surface area contributed by atoms with E-state index in [0.717, 1.165) is 13.5 Å². The van der Waals surface area contributed by atoms with Gasteiger partial charge in [-0.25, -0.2) is 8.42 Å². The van der Waals surface area contributed by atoms with Gasteiger partial charge >= 0.3 is 0 Å². The Bertz CT molecular complexity index is 822. The molecule has 2 rings (SSSR count). The number of rotatable bonds is 6. The highest BCUT2D eigenvalue weighted by atomic mass is 32.3. The SMILES string of the molecule is CC/C(=C/c1sc2ccc(C)cc2[n+]1CCO)SC.COS(=O)(=O)[O-]. The lowest BCUT2D eigenvalue weighted by Crippen LogP contribution is -2.36. The largest absolute Gasteiger partial charge is 0.726 e. The zero-order chi connectivity index (χ0) is 19.0. The summed E-state index contributed by atoms with van der Waals surface area (Å²) < 4.78 is 34.5. The molecule has 1 aromatic heterocycles. The van der Waals surface area contributed by atoms with E-state index < -0.39 is 10.4 Å². The Kier molecular flexibility index (Phi) is 9.04. The zero-order valence-corrected chi connectivity index (χ0v) is 17.1. The van der Waals surface area contributed by atoms with Crippen molar-refractivity contribution in [1.29, 1.82) is 0 Å². The van der Waals surface area contributed by atoms with Crippen molar-refractivity contribution in [3.05, 3.63) is 33.7 Å². The van der Waals surface area contributed by atoms with Gasteiger partial charge in [-0.3, -0.25) is 4.18 Å². The van der Waals surface area contributed by atoms with Gasteiger partial charge in [-0.05, 0) is 36.1 Å². The number of nitrogens with zero attached hydrogens (tertiary/aromatic N) is 1. The van der Waals surface area contributed by atoms with Crippen molar-refractivity contribution in [2.45, 2.75) is 26.8 Å². The number of aromatic nitrogens is 1. The topological polar surface area (TPSA) is 90.5 Å². The molecule has 0 aliphatic rings. The van der Waals surface area contributed by atoms with Crippen LogP contribution in [0.1, 0.15) is 23.9 Å². The van der Waals surface area contributed by atoms with Gasteiger partial charge in [0, 0.05) is 12.1 Å². The summed E-state index contributed by atoms with van der Waals surface area (Å²) in [5, 5.41) is 10.5. The van der Waals surface area contributed by atoms with Crippen LogP contribution in [-0.4, -0.2) is 38.0 Å². The van der Waals surface area contributed by atoms with Gasteiger partial charge in [0.15, 0.2) is 6.54 Å². The second-order valence-electron chi connectivity index (χ2n) is 5.03. The lowest BCUT2D eigenvalue weighted by atomic mass is 10.2. The number of hydrogen-bond donors (Lipinski definition) is 1. The summed E-state index contributed by atoms with van der Waals surface area (Å²) in [5.74, 6) is 0. The minimum absolute atomic E-state index is 0.173. The fraction of sp³-hybridized carbons (Fsp3) is 0.438. The minimum atomic E-state index is -4.41. The van der Waals surface area contributed by atoms with Gasteiger partial charge in [0.1, 0.15) is 11.3 Å². The molecule has 0 aliphatic heterocycles. The Balaban J connectivity index is 0.000000450. The van der Waals surface area contributed by atoms with Gasteiger partial charge in [-0.1, -0.05) is 24.3 Å². The van der Waals surface area contributed by atoms with Crippen molar-refractivity contribution >= 4 is 49.8 Å². The summed E-state index contributed by atoms with van der Waals surface area (Å²) >= 11 is 3.59.